The van der Waals surface area contributed by atoms with Gasteiger partial charge in [-0.05, 0) is 43.9 Å². The third-order valence-electron chi connectivity index (χ3n) is 3.35. The van der Waals surface area contributed by atoms with Gasteiger partial charge in [0.2, 0.25) is 0 Å². The number of pyridine rings is 1. The first kappa shape index (κ1) is 12.5. The number of nitrogens with one attached hydrogen (secondary N) is 1. The highest BCUT2D eigenvalue weighted by atomic mass is 15.1. The van der Waals surface area contributed by atoms with E-state index in [0.29, 0.717) is 17.4 Å². The molecule has 0 aromatic carbocycles. The van der Waals surface area contributed by atoms with Crippen molar-refractivity contribution in [2.75, 3.05) is 5.32 Å². The van der Waals surface area contributed by atoms with E-state index < -0.39 is 0 Å². The van der Waals surface area contributed by atoms with Crippen LogP contribution in [0.3, 0.4) is 0 Å². The average Bonchev–Trinajstić information content (AvgIpc) is 3.29. The van der Waals surface area contributed by atoms with Crippen LogP contribution < -0.4 is 5.32 Å². The molecule has 0 unspecified atom stereocenters. The number of rotatable bonds is 4. The lowest BCUT2D eigenvalue weighted by atomic mass is 10.1. The summed E-state index contributed by atoms with van der Waals surface area (Å²) in [5.74, 6) is 2.05. The van der Waals surface area contributed by atoms with Crippen LogP contribution in [-0.4, -0.2) is 15.0 Å². The first-order chi connectivity index (χ1) is 9.76. The van der Waals surface area contributed by atoms with Crippen LogP contribution in [-0.2, 0) is 0 Å². The smallest absolute Gasteiger partial charge is 0.151 e. The van der Waals surface area contributed by atoms with Gasteiger partial charge >= 0.3 is 0 Å². The van der Waals surface area contributed by atoms with E-state index in [-0.39, 0.29) is 6.04 Å². The summed E-state index contributed by atoms with van der Waals surface area (Å²) in [4.78, 5) is 13.1. The Balaban J connectivity index is 1.86. The third-order valence-corrected chi connectivity index (χ3v) is 3.35. The quantitative estimate of drug-likeness (QED) is 0.919. The van der Waals surface area contributed by atoms with E-state index in [9.17, 15) is 0 Å². The molecule has 1 aliphatic rings. The number of anilines is 1. The van der Waals surface area contributed by atoms with Crippen LogP contribution in [0.25, 0.3) is 0 Å². The molecule has 0 radical (unpaired) electrons. The summed E-state index contributed by atoms with van der Waals surface area (Å²) in [5.41, 5.74) is 1.37. The van der Waals surface area contributed by atoms with Crippen molar-refractivity contribution in [1.29, 1.82) is 5.26 Å². The van der Waals surface area contributed by atoms with Crippen molar-refractivity contribution < 1.29 is 0 Å². The van der Waals surface area contributed by atoms with Gasteiger partial charge in [0.1, 0.15) is 17.6 Å². The molecule has 5 heteroatoms. The third kappa shape index (κ3) is 2.75. The second-order valence-electron chi connectivity index (χ2n) is 5.04. The van der Waals surface area contributed by atoms with Gasteiger partial charge in [-0.1, -0.05) is 6.07 Å². The SMILES string of the molecule is Cc1ccnc([C@@H](Nc2cccc(C#N)n2)C2CC2)n1. The van der Waals surface area contributed by atoms with Gasteiger partial charge in [-0.25, -0.2) is 15.0 Å². The predicted octanol–water partition coefficient (Wildman–Crippen LogP) is 2.61. The molecule has 100 valence electrons. The number of aromatic nitrogens is 3. The Morgan fingerprint density at radius 3 is 2.85 bits per heavy atom. The molecule has 1 N–H and O–H groups in total. The Labute approximate surface area is 117 Å². The van der Waals surface area contributed by atoms with Gasteiger partial charge in [-0.2, -0.15) is 5.26 Å². The number of hydrogen-bond acceptors (Lipinski definition) is 5. The number of nitriles is 1. The molecule has 0 saturated heterocycles. The fourth-order valence-corrected chi connectivity index (χ4v) is 2.18. The zero-order valence-corrected chi connectivity index (χ0v) is 11.2. The Hall–Kier alpha value is -2.48. The second-order valence-corrected chi connectivity index (χ2v) is 5.04. The summed E-state index contributed by atoms with van der Waals surface area (Å²) >= 11 is 0. The first-order valence-corrected chi connectivity index (χ1v) is 6.69. The van der Waals surface area contributed by atoms with Gasteiger partial charge in [0.25, 0.3) is 0 Å². The van der Waals surface area contributed by atoms with Crippen molar-refractivity contribution in [3.63, 3.8) is 0 Å². The van der Waals surface area contributed by atoms with E-state index in [1.165, 1.54) is 12.8 Å². The Morgan fingerprint density at radius 2 is 2.15 bits per heavy atom. The topological polar surface area (TPSA) is 74.5 Å². The molecule has 3 rings (SSSR count). The van der Waals surface area contributed by atoms with Crippen LogP contribution in [0.4, 0.5) is 5.82 Å². The lowest BCUT2D eigenvalue weighted by Crippen LogP contribution is -2.17. The summed E-state index contributed by atoms with van der Waals surface area (Å²) in [5, 5.41) is 12.3. The molecule has 0 bridgehead atoms. The molecule has 2 aromatic rings. The van der Waals surface area contributed by atoms with Crippen LogP contribution >= 0.6 is 0 Å². The zero-order valence-electron chi connectivity index (χ0n) is 11.2. The van der Waals surface area contributed by atoms with Crippen molar-refractivity contribution in [2.45, 2.75) is 25.8 Å². The molecule has 1 fully saturated rings. The van der Waals surface area contributed by atoms with Gasteiger partial charge in [0.15, 0.2) is 5.82 Å². The molecule has 2 aromatic heterocycles. The standard InChI is InChI=1S/C15H15N5/c1-10-7-8-17-15(18-10)14(11-5-6-11)20-13-4-2-3-12(9-16)19-13/h2-4,7-8,11,14H,5-6H2,1H3,(H,19,20)/t14-/m0/s1. The van der Waals surface area contributed by atoms with Crippen LogP contribution in [0.2, 0.25) is 0 Å². The van der Waals surface area contributed by atoms with Crippen molar-refractivity contribution in [2.24, 2.45) is 5.92 Å². The molecule has 2 heterocycles. The monoisotopic (exact) mass is 265 g/mol. The molecular weight excluding hydrogens is 250 g/mol. The van der Waals surface area contributed by atoms with E-state index in [0.717, 1.165) is 11.5 Å². The summed E-state index contributed by atoms with van der Waals surface area (Å²) in [7, 11) is 0. The molecule has 0 aliphatic heterocycles. The van der Waals surface area contributed by atoms with Crippen molar-refractivity contribution >= 4 is 5.82 Å². The fourth-order valence-electron chi connectivity index (χ4n) is 2.18. The largest absolute Gasteiger partial charge is 0.360 e. The summed E-state index contributed by atoms with van der Waals surface area (Å²) in [6.45, 7) is 1.96. The number of aryl methyl sites for hydroxylation is 1. The highest BCUT2D eigenvalue weighted by Crippen LogP contribution is 2.41. The van der Waals surface area contributed by atoms with E-state index in [1.807, 2.05) is 25.1 Å². The average molecular weight is 265 g/mol. The predicted molar refractivity (Wildman–Crippen MR) is 74.8 cm³/mol. The minimum absolute atomic E-state index is 0.0661. The van der Waals surface area contributed by atoms with Gasteiger partial charge in [-0.15, -0.1) is 0 Å². The Bertz CT molecular complexity index is 657. The first-order valence-electron chi connectivity index (χ1n) is 6.69. The Kier molecular flexibility index (Phi) is 3.30. The lowest BCUT2D eigenvalue weighted by molar-refractivity contribution is 0.628. The van der Waals surface area contributed by atoms with Crippen LogP contribution in [0.1, 0.15) is 36.1 Å². The van der Waals surface area contributed by atoms with E-state index in [4.69, 9.17) is 5.26 Å². The van der Waals surface area contributed by atoms with Crippen LogP contribution in [0, 0.1) is 24.2 Å². The lowest BCUT2D eigenvalue weighted by Gasteiger charge is -2.17. The van der Waals surface area contributed by atoms with Gasteiger partial charge in [0.05, 0.1) is 6.04 Å². The molecule has 20 heavy (non-hydrogen) atoms. The van der Waals surface area contributed by atoms with Crippen molar-refractivity contribution in [3.05, 3.63) is 47.7 Å². The van der Waals surface area contributed by atoms with Crippen LogP contribution in [0.15, 0.2) is 30.5 Å². The van der Waals surface area contributed by atoms with Gasteiger partial charge in [0, 0.05) is 11.9 Å². The fraction of sp³-hybridized carbons (Fsp3) is 0.333. The minimum Gasteiger partial charge on any atom is -0.360 e. The normalized spacial score (nSPS) is 15.4. The van der Waals surface area contributed by atoms with E-state index in [1.54, 1.807) is 12.3 Å². The molecule has 1 aliphatic carbocycles. The molecule has 1 atom stereocenters. The van der Waals surface area contributed by atoms with E-state index >= 15 is 0 Å². The summed E-state index contributed by atoms with van der Waals surface area (Å²) in [6, 6.07) is 9.40. The summed E-state index contributed by atoms with van der Waals surface area (Å²) < 4.78 is 0. The maximum absolute atomic E-state index is 8.91. The van der Waals surface area contributed by atoms with Crippen molar-refractivity contribution in [1.82, 2.24) is 15.0 Å². The Morgan fingerprint density at radius 1 is 1.30 bits per heavy atom. The highest BCUT2D eigenvalue weighted by Gasteiger charge is 2.34. The summed E-state index contributed by atoms with van der Waals surface area (Å²) in [6.07, 6.45) is 4.13. The van der Waals surface area contributed by atoms with E-state index in [2.05, 4.69) is 26.3 Å². The second kappa shape index (κ2) is 5.25. The molecule has 0 amide bonds. The minimum atomic E-state index is 0.0661. The maximum Gasteiger partial charge on any atom is 0.151 e. The number of hydrogen-bond donors (Lipinski definition) is 1. The number of nitrogens with zero attached hydrogens (tertiary/aromatic N) is 4. The molecule has 1 saturated carbocycles. The van der Waals surface area contributed by atoms with Crippen LogP contribution in [0.5, 0.6) is 0 Å². The molecule has 0 spiro atoms. The molecular formula is C15H15N5. The van der Waals surface area contributed by atoms with Gasteiger partial charge < -0.3 is 5.32 Å². The highest BCUT2D eigenvalue weighted by molar-refractivity contribution is 5.40. The van der Waals surface area contributed by atoms with Crippen molar-refractivity contribution in [3.8, 4) is 6.07 Å². The zero-order chi connectivity index (χ0) is 13.9. The van der Waals surface area contributed by atoms with Gasteiger partial charge in [-0.3, -0.25) is 0 Å². The molecule has 5 nitrogen and oxygen atoms in total. The maximum atomic E-state index is 8.91.